The molecular weight excluding hydrogens is 292 g/mol. The van der Waals surface area contributed by atoms with Crippen molar-refractivity contribution in [3.8, 4) is 5.75 Å². The second kappa shape index (κ2) is 9.18. The van der Waals surface area contributed by atoms with Crippen LogP contribution in [0.3, 0.4) is 0 Å². The SMILES string of the molecule is CC(=O)N(CCC(C)C)CC(=O)Nc1ccccc1OC(C)C. The molecule has 0 aliphatic rings. The number of carbonyl (C=O) groups is 2. The third kappa shape index (κ3) is 7.17. The number of hydrogen-bond donors (Lipinski definition) is 1. The van der Waals surface area contributed by atoms with Crippen LogP contribution in [0.5, 0.6) is 5.75 Å². The van der Waals surface area contributed by atoms with E-state index in [9.17, 15) is 9.59 Å². The van der Waals surface area contributed by atoms with Gasteiger partial charge in [0, 0.05) is 13.5 Å². The number of ether oxygens (including phenoxy) is 1. The summed E-state index contributed by atoms with van der Waals surface area (Å²) in [4.78, 5) is 25.5. The van der Waals surface area contributed by atoms with E-state index >= 15 is 0 Å². The van der Waals surface area contributed by atoms with Gasteiger partial charge >= 0.3 is 0 Å². The molecule has 5 nitrogen and oxygen atoms in total. The quantitative estimate of drug-likeness (QED) is 0.799. The van der Waals surface area contributed by atoms with E-state index in [1.165, 1.54) is 6.92 Å². The van der Waals surface area contributed by atoms with Gasteiger partial charge in [0.05, 0.1) is 18.3 Å². The highest BCUT2D eigenvalue weighted by atomic mass is 16.5. The largest absolute Gasteiger partial charge is 0.489 e. The molecule has 0 saturated heterocycles. The average Bonchev–Trinajstić information content (AvgIpc) is 2.44. The molecule has 0 spiro atoms. The van der Waals surface area contributed by atoms with E-state index in [0.29, 0.717) is 23.9 Å². The minimum atomic E-state index is -0.219. The molecule has 0 radical (unpaired) electrons. The smallest absolute Gasteiger partial charge is 0.244 e. The summed E-state index contributed by atoms with van der Waals surface area (Å²) in [6.07, 6.45) is 0.896. The number of benzene rings is 1. The Hall–Kier alpha value is -2.04. The van der Waals surface area contributed by atoms with Crippen molar-refractivity contribution in [1.82, 2.24) is 4.90 Å². The van der Waals surface area contributed by atoms with Crippen molar-refractivity contribution >= 4 is 17.5 Å². The molecule has 0 unspecified atom stereocenters. The first-order valence-electron chi connectivity index (χ1n) is 8.10. The highest BCUT2D eigenvalue weighted by Gasteiger charge is 2.15. The molecule has 2 amide bonds. The Kier molecular flexibility index (Phi) is 7.59. The van der Waals surface area contributed by atoms with E-state index in [0.717, 1.165) is 6.42 Å². The lowest BCUT2D eigenvalue weighted by Gasteiger charge is -2.22. The number of amides is 2. The maximum absolute atomic E-state index is 12.2. The van der Waals surface area contributed by atoms with Crippen LogP contribution in [0.2, 0.25) is 0 Å². The van der Waals surface area contributed by atoms with Crippen LogP contribution in [0.1, 0.15) is 41.0 Å². The molecule has 1 N–H and O–H groups in total. The summed E-state index contributed by atoms with van der Waals surface area (Å²) in [7, 11) is 0. The van der Waals surface area contributed by atoms with E-state index < -0.39 is 0 Å². The summed E-state index contributed by atoms with van der Waals surface area (Å²) in [5.74, 6) is 0.809. The molecule has 1 aromatic carbocycles. The first-order chi connectivity index (χ1) is 10.8. The van der Waals surface area contributed by atoms with Gasteiger partial charge in [0.1, 0.15) is 5.75 Å². The Morgan fingerprint density at radius 1 is 1.17 bits per heavy atom. The van der Waals surface area contributed by atoms with Gasteiger partial charge in [-0.3, -0.25) is 9.59 Å². The molecule has 0 aromatic heterocycles. The minimum Gasteiger partial charge on any atom is -0.489 e. The third-order valence-corrected chi connectivity index (χ3v) is 3.28. The molecule has 1 rings (SSSR count). The van der Waals surface area contributed by atoms with E-state index in [4.69, 9.17) is 4.74 Å². The molecule has 128 valence electrons. The second-order valence-corrected chi connectivity index (χ2v) is 6.33. The first-order valence-corrected chi connectivity index (χ1v) is 8.10. The maximum Gasteiger partial charge on any atom is 0.244 e. The van der Waals surface area contributed by atoms with Crippen molar-refractivity contribution in [1.29, 1.82) is 0 Å². The zero-order valence-electron chi connectivity index (χ0n) is 14.8. The number of nitrogens with zero attached hydrogens (tertiary/aromatic N) is 1. The Balaban J connectivity index is 2.69. The van der Waals surface area contributed by atoms with Crippen LogP contribution in [0, 0.1) is 5.92 Å². The van der Waals surface area contributed by atoms with Gasteiger partial charge in [-0.25, -0.2) is 0 Å². The van der Waals surface area contributed by atoms with Crippen LogP contribution in [0.15, 0.2) is 24.3 Å². The fraction of sp³-hybridized carbons (Fsp3) is 0.556. The van der Waals surface area contributed by atoms with E-state index in [1.807, 2.05) is 32.0 Å². The molecule has 5 heteroatoms. The monoisotopic (exact) mass is 320 g/mol. The van der Waals surface area contributed by atoms with Crippen LogP contribution in [0.4, 0.5) is 5.69 Å². The van der Waals surface area contributed by atoms with Gasteiger partial charge in [-0.05, 0) is 38.3 Å². The highest BCUT2D eigenvalue weighted by Crippen LogP contribution is 2.24. The van der Waals surface area contributed by atoms with Gasteiger partial charge in [-0.1, -0.05) is 26.0 Å². The summed E-state index contributed by atoms with van der Waals surface area (Å²) in [6, 6.07) is 7.31. The average molecular weight is 320 g/mol. The van der Waals surface area contributed by atoms with Gasteiger partial charge in [0.2, 0.25) is 11.8 Å². The van der Waals surface area contributed by atoms with Crippen molar-refractivity contribution in [3.63, 3.8) is 0 Å². The lowest BCUT2D eigenvalue weighted by molar-refractivity contribution is -0.132. The number of hydrogen-bond acceptors (Lipinski definition) is 3. The molecular formula is C18H28N2O3. The molecule has 23 heavy (non-hydrogen) atoms. The fourth-order valence-electron chi connectivity index (χ4n) is 2.05. The van der Waals surface area contributed by atoms with Crippen molar-refractivity contribution in [2.24, 2.45) is 5.92 Å². The van der Waals surface area contributed by atoms with Crippen LogP contribution < -0.4 is 10.1 Å². The number of carbonyl (C=O) groups excluding carboxylic acids is 2. The van der Waals surface area contributed by atoms with Crippen molar-refractivity contribution in [2.45, 2.75) is 47.1 Å². The topological polar surface area (TPSA) is 58.6 Å². The molecule has 0 bridgehead atoms. The Morgan fingerprint density at radius 3 is 2.39 bits per heavy atom. The predicted octanol–water partition coefficient (Wildman–Crippen LogP) is 3.31. The van der Waals surface area contributed by atoms with E-state index in [1.54, 1.807) is 11.0 Å². The molecule has 0 saturated carbocycles. The Bertz CT molecular complexity index is 527. The number of anilines is 1. The fourth-order valence-corrected chi connectivity index (χ4v) is 2.05. The summed E-state index contributed by atoms with van der Waals surface area (Å²) in [5, 5.41) is 2.83. The summed E-state index contributed by atoms with van der Waals surface area (Å²) >= 11 is 0. The van der Waals surface area contributed by atoms with Gasteiger partial charge in [-0.15, -0.1) is 0 Å². The van der Waals surface area contributed by atoms with Crippen molar-refractivity contribution < 1.29 is 14.3 Å². The summed E-state index contributed by atoms with van der Waals surface area (Å²) in [5.41, 5.74) is 0.624. The van der Waals surface area contributed by atoms with E-state index in [2.05, 4.69) is 19.2 Å². The standard InChI is InChI=1S/C18H28N2O3/c1-13(2)10-11-20(15(5)21)12-18(22)19-16-8-6-7-9-17(16)23-14(3)4/h6-9,13-14H,10-12H2,1-5H3,(H,19,22). The number of nitrogens with one attached hydrogen (secondary N) is 1. The molecule has 0 aliphatic carbocycles. The van der Waals surface area contributed by atoms with Crippen LogP contribution in [-0.2, 0) is 9.59 Å². The summed E-state index contributed by atoms with van der Waals surface area (Å²) in [6.45, 7) is 10.2. The normalized spacial score (nSPS) is 10.7. The lowest BCUT2D eigenvalue weighted by Crippen LogP contribution is -2.37. The van der Waals surface area contributed by atoms with Crippen LogP contribution >= 0.6 is 0 Å². The van der Waals surface area contributed by atoms with Gasteiger partial charge < -0.3 is 15.0 Å². The molecule has 0 heterocycles. The zero-order chi connectivity index (χ0) is 17.4. The molecule has 0 fully saturated rings. The van der Waals surface area contributed by atoms with Gasteiger partial charge in [0.25, 0.3) is 0 Å². The summed E-state index contributed by atoms with van der Waals surface area (Å²) < 4.78 is 5.68. The maximum atomic E-state index is 12.2. The van der Waals surface area contributed by atoms with Gasteiger partial charge in [0.15, 0.2) is 0 Å². The number of rotatable bonds is 8. The third-order valence-electron chi connectivity index (χ3n) is 3.28. The van der Waals surface area contributed by atoms with Crippen LogP contribution in [-0.4, -0.2) is 35.9 Å². The first kappa shape index (κ1) is 19.0. The molecule has 0 aliphatic heterocycles. The highest BCUT2D eigenvalue weighted by molar-refractivity contribution is 5.95. The van der Waals surface area contributed by atoms with Crippen LogP contribution in [0.25, 0.3) is 0 Å². The minimum absolute atomic E-state index is 0.0211. The number of para-hydroxylation sites is 2. The second-order valence-electron chi connectivity index (χ2n) is 6.33. The van der Waals surface area contributed by atoms with Crippen molar-refractivity contribution in [2.75, 3.05) is 18.4 Å². The Labute approximate surface area is 139 Å². The predicted molar refractivity (Wildman–Crippen MR) is 92.5 cm³/mol. The lowest BCUT2D eigenvalue weighted by atomic mass is 10.1. The molecule has 1 aromatic rings. The van der Waals surface area contributed by atoms with Gasteiger partial charge in [-0.2, -0.15) is 0 Å². The van der Waals surface area contributed by atoms with Crippen molar-refractivity contribution in [3.05, 3.63) is 24.3 Å². The van der Waals surface area contributed by atoms with E-state index in [-0.39, 0.29) is 24.5 Å². The zero-order valence-corrected chi connectivity index (χ0v) is 14.8. The Morgan fingerprint density at radius 2 is 1.83 bits per heavy atom. The molecule has 0 atom stereocenters.